The molecule has 4 aromatic rings. The summed E-state index contributed by atoms with van der Waals surface area (Å²) in [6, 6.07) is 18.8. The van der Waals surface area contributed by atoms with Crippen molar-refractivity contribution in [1.82, 2.24) is 15.2 Å². The van der Waals surface area contributed by atoms with E-state index in [9.17, 15) is 23.1 Å². The van der Waals surface area contributed by atoms with Gasteiger partial charge in [-0.05, 0) is 65.7 Å². The Morgan fingerprint density at radius 2 is 1.68 bits per heavy atom. The minimum absolute atomic E-state index is 0.0192. The third-order valence-corrected chi connectivity index (χ3v) is 5.01. The predicted molar refractivity (Wildman–Crippen MR) is 133 cm³/mol. The molecular formula is C26H19F3N6O2. The van der Waals surface area contributed by atoms with E-state index in [1.54, 1.807) is 48.5 Å². The molecule has 0 aliphatic rings. The molecule has 8 nitrogen and oxygen atoms in total. The summed E-state index contributed by atoms with van der Waals surface area (Å²) in [7, 11) is 0. The second-order valence-electron chi connectivity index (χ2n) is 7.70. The summed E-state index contributed by atoms with van der Waals surface area (Å²) in [5.41, 5.74) is 6.37. The van der Waals surface area contributed by atoms with Gasteiger partial charge in [0, 0.05) is 29.2 Å². The van der Waals surface area contributed by atoms with Crippen molar-refractivity contribution >= 4 is 29.0 Å². The van der Waals surface area contributed by atoms with Crippen LogP contribution in [0.25, 0.3) is 16.8 Å². The Balaban J connectivity index is 1.52. The van der Waals surface area contributed by atoms with Crippen LogP contribution in [0.15, 0.2) is 96.3 Å². The number of anilines is 1. The number of halogens is 3. The lowest BCUT2D eigenvalue weighted by Gasteiger charge is -2.09. The fourth-order valence-electron chi connectivity index (χ4n) is 3.23. The number of phenolic OH excluding ortho intramolecular Hbond substituents is 1. The van der Waals surface area contributed by atoms with Crippen LogP contribution in [0.2, 0.25) is 0 Å². The van der Waals surface area contributed by atoms with Gasteiger partial charge in [0.2, 0.25) is 0 Å². The first-order valence-corrected chi connectivity index (χ1v) is 10.8. The lowest BCUT2D eigenvalue weighted by molar-refractivity contribution is -0.0576. The van der Waals surface area contributed by atoms with Gasteiger partial charge in [-0.15, -0.1) is 10.2 Å². The number of alkyl halides is 3. The molecule has 2 aromatic heterocycles. The zero-order valence-corrected chi connectivity index (χ0v) is 19.0. The van der Waals surface area contributed by atoms with Gasteiger partial charge in [-0.3, -0.25) is 9.78 Å². The summed E-state index contributed by atoms with van der Waals surface area (Å²) in [6.07, 6.45) is -1.32. The summed E-state index contributed by atoms with van der Waals surface area (Å²) in [5, 5.41) is 19.7. The molecule has 186 valence electrons. The van der Waals surface area contributed by atoms with Crippen LogP contribution in [0.1, 0.15) is 15.9 Å². The molecular weight excluding hydrogens is 485 g/mol. The molecule has 37 heavy (non-hydrogen) atoms. The molecule has 11 heteroatoms. The van der Waals surface area contributed by atoms with Gasteiger partial charge >= 0.3 is 6.18 Å². The van der Waals surface area contributed by atoms with Gasteiger partial charge in [0.15, 0.2) is 11.6 Å². The van der Waals surface area contributed by atoms with Gasteiger partial charge in [0.25, 0.3) is 5.91 Å². The van der Waals surface area contributed by atoms with Crippen molar-refractivity contribution in [3.8, 4) is 16.9 Å². The van der Waals surface area contributed by atoms with Crippen molar-refractivity contribution in [2.45, 2.75) is 6.18 Å². The van der Waals surface area contributed by atoms with Crippen molar-refractivity contribution in [3.05, 3.63) is 102 Å². The standard InChI is InChI=1S/C26H19F3N6O2/c27-26(28,29)22(14-21(30)19-7-3-11-31-15-19)32-23-9-10-24(35-34-23)33-25(37)18-6-1-4-16(12-18)17-5-2-8-20(36)13-17/h1-15,36H,30H2,(H,33,35,37). The molecule has 1 amide bonds. The van der Waals surface area contributed by atoms with E-state index < -0.39 is 17.8 Å². The highest BCUT2D eigenvalue weighted by molar-refractivity contribution is 6.05. The molecule has 0 saturated carbocycles. The van der Waals surface area contributed by atoms with Crippen molar-refractivity contribution < 1.29 is 23.1 Å². The Morgan fingerprint density at radius 1 is 0.946 bits per heavy atom. The maximum Gasteiger partial charge on any atom is 0.433 e. The van der Waals surface area contributed by atoms with Gasteiger partial charge in [0.1, 0.15) is 11.5 Å². The van der Waals surface area contributed by atoms with Crippen LogP contribution < -0.4 is 11.1 Å². The topological polar surface area (TPSA) is 126 Å². The number of hydrogen-bond donors (Lipinski definition) is 3. The molecule has 0 saturated heterocycles. The van der Waals surface area contributed by atoms with Crippen LogP contribution in [0, 0.1) is 0 Å². The van der Waals surface area contributed by atoms with Crippen molar-refractivity contribution in [2.24, 2.45) is 10.7 Å². The zero-order valence-electron chi connectivity index (χ0n) is 19.0. The highest BCUT2D eigenvalue weighted by Crippen LogP contribution is 2.25. The fourth-order valence-corrected chi connectivity index (χ4v) is 3.23. The third-order valence-electron chi connectivity index (χ3n) is 5.01. The average molecular weight is 504 g/mol. The second-order valence-corrected chi connectivity index (χ2v) is 7.70. The Labute approximate surface area is 209 Å². The molecule has 0 aliphatic heterocycles. The Kier molecular flexibility index (Phi) is 7.23. The molecule has 0 radical (unpaired) electrons. The molecule has 0 unspecified atom stereocenters. The molecule has 0 spiro atoms. The van der Waals surface area contributed by atoms with E-state index in [0.717, 1.165) is 5.56 Å². The molecule has 2 aromatic carbocycles. The van der Waals surface area contributed by atoms with Crippen molar-refractivity contribution in [1.29, 1.82) is 0 Å². The van der Waals surface area contributed by atoms with Crippen LogP contribution >= 0.6 is 0 Å². The van der Waals surface area contributed by atoms with Gasteiger partial charge in [-0.25, -0.2) is 4.99 Å². The SMILES string of the molecule is NC(=CC(=Nc1ccc(NC(=O)c2cccc(-c3cccc(O)c3)c2)nn1)C(F)(F)F)c1cccnc1. The van der Waals surface area contributed by atoms with E-state index >= 15 is 0 Å². The number of pyridine rings is 1. The number of aromatic nitrogens is 3. The number of nitrogens with zero attached hydrogens (tertiary/aromatic N) is 4. The largest absolute Gasteiger partial charge is 0.508 e. The summed E-state index contributed by atoms with van der Waals surface area (Å²) >= 11 is 0. The van der Waals surface area contributed by atoms with E-state index in [1.165, 1.54) is 36.7 Å². The number of hydrogen-bond acceptors (Lipinski definition) is 7. The number of benzene rings is 2. The first-order chi connectivity index (χ1) is 17.7. The normalized spacial score (nSPS) is 12.3. The van der Waals surface area contributed by atoms with Crippen LogP contribution in [0.4, 0.5) is 24.8 Å². The molecule has 4 N–H and O–H groups in total. The first kappa shape index (κ1) is 25.0. The van der Waals surface area contributed by atoms with Gasteiger partial charge < -0.3 is 16.2 Å². The number of rotatable bonds is 6. The predicted octanol–water partition coefficient (Wildman–Crippen LogP) is 5.13. The van der Waals surface area contributed by atoms with Crippen molar-refractivity contribution in [3.63, 3.8) is 0 Å². The minimum Gasteiger partial charge on any atom is -0.508 e. The molecule has 0 aliphatic carbocycles. The lowest BCUT2D eigenvalue weighted by atomic mass is 10.0. The molecule has 2 heterocycles. The fraction of sp³-hybridized carbons (Fsp3) is 0.0385. The van der Waals surface area contributed by atoms with Crippen LogP contribution in [0.3, 0.4) is 0 Å². The van der Waals surface area contributed by atoms with E-state index in [1.807, 2.05) is 0 Å². The lowest BCUT2D eigenvalue weighted by Crippen LogP contribution is -2.22. The second kappa shape index (κ2) is 10.7. The van der Waals surface area contributed by atoms with Crippen LogP contribution in [-0.2, 0) is 0 Å². The first-order valence-electron chi connectivity index (χ1n) is 10.8. The van der Waals surface area contributed by atoms with E-state index in [-0.39, 0.29) is 23.1 Å². The molecule has 4 rings (SSSR count). The number of carbonyl (C=O) groups is 1. The van der Waals surface area contributed by atoms with Crippen molar-refractivity contribution in [2.75, 3.05) is 5.32 Å². The number of aromatic hydroxyl groups is 1. The Morgan fingerprint density at radius 3 is 2.32 bits per heavy atom. The van der Waals surface area contributed by atoms with Gasteiger partial charge in [0.05, 0.1) is 0 Å². The average Bonchev–Trinajstić information content (AvgIpc) is 2.89. The quantitative estimate of drug-likeness (QED) is 0.313. The molecule has 0 fully saturated rings. The van der Waals surface area contributed by atoms with Gasteiger partial charge in [-0.1, -0.05) is 24.3 Å². The highest BCUT2D eigenvalue weighted by atomic mass is 19.4. The summed E-state index contributed by atoms with van der Waals surface area (Å²) in [6.45, 7) is 0. The number of amides is 1. The maximum atomic E-state index is 13.5. The van der Waals surface area contributed by atoms with E-state index in [2.05, 4.69) is 25.5 Å². The number of phenols is 1. The van der Waals surface area contributed by atoms with E-state index in [4.69, 9.17) is 5.73 Å². The smallest absolute Gasteiger partial charge is 0.433 e. The Hall–Kier alpha value is -5.06. The zero-order chi connectivity index (χ0) is 26.4. The summed E-state index contributed by atoms with van der Waals surface area (Å²) < 4.78 is 40.6. The van der Waals surface area contributed by atoms with E-state index in [0.29, 0.717) is 22.8 Å². The number of allylic oxidation sites excluding steroid dienone is 1. The number of nitrogens with one attached hydrogen (secondary N) is 1. The van der Waals surface area contributed by atoms with Gasteiger partial charge in [-0.2, -0.15) is 13.2 Å². The molecule has 0 bridgehead atoms. The summed E-state index contributed by atoms with van der Waals surface area (Å²) in [5.74, 6) is -0.720. The summed E-state index contributed by atoms with van der Waals surface area (Å²) in [4.78, 5) is 20.0. The number of carbonyl (C=O) groups excluding carboxylic acids is 1. The van der Waals surface area contributed by atoms with Crippen LogP contribution in [-0.4, -0.2) is 38.1 Å². The maximum absolute atomic E-state index is 13.5. The minimum atomic E-state index is -4.80. The monoisotopic (exact) mass is 504 g/mol. The third kappa shape index (κ3) is 6.54. The molecule has 0 atom stereocenters. The number of nitrogens with two attached hydrogens (primary N) is 1. The van der Waals surface area contributed by atoms with Crippen LogP contribution in [0.5, 0.6) is 5.75 Å². The Bertz CT molecular complexity index is 1470. The number of aliphatic imine (C=N–C) groups is 1. The highest BCUT2D eigenvalue weighted by Gasteiger charge is 2.34.